The van der Waals surface area contributed by atoms with Gasteiger partial charge in [0.15, 0.2) is 0 Å². The van der Waals surface area contributed by atoms with Crippen LogP contribution in [0, 0.1) is 11.6 Å². The van der Waals surface area contributed by atoms with Crippen molar-refractivity contribution in [2.75, 3.05) is 5.73 Å². The van der Waals surface area contributed by atoms with Crippen molar-refractivity contribution in [1.29, 1.82) is 0 Å². The molecular formula is C14H11F2N3S2. The molecule has 0 saturated heterocycles. The van der Waals surface area contributed by atoms with Crippen molar-refractivity contribution in [2.24, 2.45) is 0 Å². The molecule has 0 aliphatic rings. The lowest BCUT2D eigenvalue weighted by Crippen LogP contribution is -1.96. The average molecular weight is 323 g/mol. The number of aryl methyl sites for hydroxylation is 1. The van der Waals surface area contributed by atoms with Gasteiger partial charge in [0.25, 0.3) is 0 Å². The van der Waals surface area contributed by atoms with Crippen molar-refractivity contribution in [2.45, 2.75) is 23.3 Å². The molecule has 3 rings (SSSR count). The minimum Gasteiger partial charge on any atom is -0.368 e. The summed E-state index contributed by atoms with van der Waals surface area (Å²) < 4.78 is 27.0. The third-order valence-corrected chi connectivity index (χ3v) is 5.09. The first-order valence-corrected chi connectivity index (χ1v) is 7.89. The highest BCUT2D eigenvalue weighted by atomic mass is 32.2. The minimum absolute atomic E-state index is 0.131. The fourth-order valence-electron chi connectivity index (χ4n) is 1.87. The van der Waals surface area contributed by atoms with E-state index in [0.29, 0.717) is 5.03 Å². The molecule has 108 valence electrons. The van der Waals surface area contributed by atoms with Gasteiger partial charge in [-0.2, -0.15) is 0 Å². The van der Waals surface area contributed by atoms with Crippen LogP contribution in [0.4, 0.5) is 14.7 Å². The van der Waals surface area contributed by atoms with Gasteiger partial charge in [0.05, 0.1) is 4.90 Å². The summed E-state index contributed by atoms with van der Waals surface area (Å²) in [6.07, 6.45) is 0.874. The van der Waals surface area contributed by atoms with E-state index in [1.54, 1.807) is 0 Å². The van der Waals surface area contributed by atoms with Crippen LogP contribution in [0.2, 0.25) is 0 Å². The lowest BCUT2D eigenvalue weighted by atomic mass is 10.3. The lowest BCUT2D eigenvalue weighted by molar-refractivity contribution is 0.577. The molecule has 3 aromatic rings. The standard InChI is InChI=1S/C14H11F2N3S2/c1-2-8-6-9-12(20-8)18-14(17)19-13(9)21-11-5-7(15)3-4-10(11)16/h3-6H,2H2,1H3,(H2,17,18,19). The van der Waals surface area contributed by atoms with Gasteiger partial charge >= 0.3 is 0 Å². The third kappa shape index (κ3) is 2.84. The molecule has 0 aliphatic carbocycles. The number of hydrogen-bond acceptors (Lipinski definition) is 5. The fourth-order valence-corrected chi connectivity index (χ4v) is 3.86. The summed E-state index contributed by atoms with van der Waals surface area (Å²) in [5.41, 5.74) is 5.70. The van der Waals surface area contributed by atoms with Crippen LogP contribution in [0.1, 0.15) is 11.8 Å². The zero-order valence-electron chi connectivity index (χ0n) is 11.1. The van der Waals surface area contributed by atoms with Gasteiger partial charge in [-0.05, 0) is 30.7 Å². The van der Waals surface area contributed by atoms with E-state index >= 15 is 0 Å². The zero-order valence-corrected chi connectivity index (χ0v) is 12.7. The molecule has 0 fully saturated rings. The van der Waals surface area contributed by atoms with E-state index in [9.17, 15) is 8.78 Å². The van der Waals surface area contributed by atoms with Gasteiger partial charge in [-0.1, -0.05) is 18.7 Å². The van der Waals surface area contributed by atoms with Crippen molar-refractivity contribution in [3.8, 4) is 0 Å². The van der Waals surface area contributed by atoms with Crippen molar-refractivity contribution in [3.63, 3.8) is 0 Å². The van der Waals surface area contributed by atoms with E-state index in [1.807, 2.05) is 13.0 Å². The average Bonchev–Trinajstić information content (AvgIpc) is 2.86. The molecule has 0 atom stereocenters. The molecule has 0 unspecified atom stereocenters. The number of nitrogen functional groups attached to an aromatic ring is 1. The van der Waals surface area contributed by atoms with Gasteiger partial charge in [-0.3, -0.25) is 0 Å². The van der Waals surface area contributed by atoms with E-state index in [2.05, 4.69) is 9.97 Å². The van der Waals surface area contributed by atoms with Crippen molar-refractivity contribution in [1.82, 2.24) is 9.97 Å². The van der Waals surface area contributed by atoms with E-state index in [1.165, 1.54) is 11.3 Å². The van der Waals surface area contributed by atoms with E-state index in [-0.39, 0.29) is 10.8 Å². The number of halogens is 2. The Morgan fingerprint density at radius 3 is 2.81 bits per heavy atom. The maximum atomic E-state index is 13.8. The number of nitrogens with two attached hydrogens (primary N) is 1. The fraction of sp³-hybridized carbons (Fsp3) is 0.143. The number of fused-ring (bicyclic) bond motifs is 1. The highest BCUT2D eigenvalue weighted by Gasteiger charge is 2.14. The van der Waals surface area contributed by atoms with E-state index < -0.39 is 11.6 Å². The molecule has 0 saturated carbocycles. The van der Waals surface area contributed by atoms with Gasteiger partial charge in [0, 0.05) is 10.3 Å². The van der Waals surface area contributed by atoms with Crippen molar-refractivity contribution < 1.29 is 8.78 Å². The first-order valence-electron chi connectivity index (χ1n) is 6.25. The number of anilines is 1. The second-order valence-electron chi connectivity index (χ2n) is 4.35. The molecule has 7 heteroatoms. The number of aromatic nitrogens is 2. The minimum atomic E-state index is -0.489. The maximum Gasteiger partial charge on any atom is 0.222 e. The number of hydrogen-bond donors (Lipinski definition) is 1. The van der Waals surface area contributed by atoms with E-state index in [4.69, 9.17) is 5.73 Å². The van der Waals surface area contributed by atoms with Crippen LogP contribution in [0.25, 0.3) is 10.2 Å². The molecule has 0 spiro atoms. The third-order valence-electron chi connectivity index (χ3n) is 2.87. The topological polar surface area (TPSA) is 51.8 Å². The Hall–Kier alpha value is -1.73. The van der Waals surface area contributed by atoms with Crippen LogP contribution in [0.15, 0.2) is 34.2 Å². The first kappa shape index (κ1) is 14.2. The number of thiophene rings is 1. The zero-order chi connectivity index (χ0) is 15.0. The summed E-state index contributed by atoms with van der Waals surface area (Å²) in [6.45, 7) is 2.04. The first-order chi connectivity index (χ1) is 10.1. The Labute approximate surface area is 128 Å². The van der Waals surface area contributed by atoms with Crippen LogP contribution >= 0.6 is 23.1 Å². The van der Waals surface area contributed by atoms with Gasteiger partial charge < -0.3 is 5.73 Å². The SMILES string of the molecule is CCc1cc2c(Sc3cc(F)ccc3F)nc(N)nc2s1. The summed E-state index contributed by atoms with van der Waals surface area (Å²) in [7, 11) is 0. The highest BCUT2D eigenvalue weighted by molar-refractivity contribution is 7.99. The number of nitrogens with zero attached hydrogens (tertiary/aromatic N) is 2. The summed E-state index contributed by atoms with van der Waals surface area (Å²) >= 11 is 2.59. The summed E-state index contributed by atoms with van der Waals surface area (Å²) in [5.74, 6) is -0.847. The molecule has 1 aromatic carbocycles. The Balaban J connectivity index is 2.11. The monoisotopic (exact) mass is 323 g/mol. The Bertz CT molecular complexity index is 817. The Morgan fingerprint density at radius 2 is 2.05 bits per heavy atom. The van der Waals surface area contributed by atoms with Crippen LogP contribution in [-0.4, -0.2) is 9.97 Å². The largest absolute Gasteiger partial charge is 0.368 e. The molecule has 2 aromatic heterocycles. The molecule has 3 nitrogen and oxygen atoms in total. The van der Waals surface area contributed by atoms with Crippen molar-refractivity contribution in [3.05, 3.63) is 40.8 Å². The molecule has 0 bridgehead atoms. The van der Waals surface area contributed by atoms with Gasteiger partial charge in [-0.25, -0.2) is 18.7 Å². The van der Waals surface area contributed by atoms with Crippen LogP contribution in [-0.2, 0) is 6.42 Å². The van der Waals surface area contributed by atoms with Crippen LogP contribution in [0.5, 0.6) is 0 Å². The summed E-state index contributed by atoms with van der Waals surface area (Å²) in [5, 5.41) is 1.36. The smallest absolute Gasteiger partial charge is 0.222 e. The van der Waals surface area contributed by atoms with Gasteiger partial charge in [0.1, 0.15) is 21.5 Å². The predicted octanol–water partition coefficient (Wildman–Crippen LogP) is 4.27. The molecule has 2 heterocycles. The highest BCUT2D eigenvalue weighted by Crippen LogP contribution is 2.36. The van der Waals surface area contributed by atoms with Gasteiger partial charge in [0.2, 0.25) is 5.95 Å². The van der Waals surface area contributed by atoms with Crippen LogP contribution in [0.3, 0.4) is 0 Å². The predicted molar refractivity (Wildman–Crippen MR) is 81.7 cm³/mol. The van der Waals surface area contributed by atoms with Crippen LogP contribution < -0.4 is 5.73 Å². The van der Waals surface area contributed by atoms with E-state index in [0.717, 1.165) is 51.5 Å². The molecule has 2 N–H and O–H groups in total. The maximum absolute atomic E-state index is 13.8. The van der Waals surface area contributed by atoms with Crippen molar-refractivity contribution >= 4 is 39.3 Å². The molecule has 0 amide bonds. The number of rotatable bonds is 3. The quantitative estimate of drug-likeness (QED) is 0.732. The summed E-state index contributed by atoms with van der Waals surface area (Å²) in [4.78, 5) is 10.4. The lowest BCUT2D eigenvalue weighted by Gasteiger charge is -2.04. The van der Waals surface area contributed by atoms with Gasteiger partial charge in [-0.15, -0.1) is 11.3 Å². The number of benzene rings is 1. The molecule has 0 aliphatic heterocycles. The summed E-state index contributed by atoms with van der Waals surface area (Å²) in [6, 6.07) is 5.31. The Kier molecular flexibility index (Phi) is 3.77. The Morgan fingerprint density at radius 1 is 1.24 bits per heavy atom. The molecule has 0 radical (unpaired) electrons. The normalized spacial score (nSPS) is 11.2. The molecule has 21 heavy (non-hydrogen) atoms. The second-order valence-corrected chi connectivity index (χ2v) is 6.49. The molecular weight excluding hydrogens is 312 g/mol. The second kappa shape index (κ2) is 5.57.